The lowest BCUT2D eigenvalue weighted by Crippen LogP contribution is -1.94. The van der Waals surface area contributed by atoms with Gasteiger partial charge in [-0.1, -0.05) is 29.3 Å². The molecule has 0 spiro atoms. The molecule has 3 aromatic rings. The number of benzene rings is 2. The Morgan fingerprint density at radius 2 is 2.00 bits per heavy atom. The molecule has 1 heterocycles. The number of oxazole rings is 1. The molecule has 0 aliphatic heterocycles. The van der Waals surface area contributed by atoms with E-state index in [0.717, 1.165) is 0 Å². The van der Waals surface area contributed by atoms with Crippen molar-refractivity contribution in [2.24, 2.45) is 0 Å². The van der Waals surface area contributed by atoms with E-state index in [1.54, 1.807) is 24.3 Å². The molecule has 3 N–H and O–H groups in total. The monoisotopic (exact) mass is 310 g/mol. The van der Waals surface area contributed by atoms with E-state index in [1.807, 2.05) is 0 Å². The van der Waals surface area contributed by atoms with Crippen molar-refractivity contribution < 1.29 is 9.15 Å². The highest BCUT2D eigenvalue weighted by molar-refractivity contribution is 6.42. The van der Waals surface area contributed by atoms with Crippen LogP contribution in [0.25, 0.3) is 11.1 Å². The minimum atomic E-state index is -0.558. The highest BCUT2D eigenvalue weighted by atomic mass is 35.5. The molecular weight excluding hydrogens is 303 g/mol. The third-order valence-corrected chi connectivity index (χ3v) is 3.49. The topological polar surface area (TPSA) is 81.2 Å². The number of rotatable bonds is 2. The minimum absolute atomic E-state index is 0.286. The largest absolute Gasteiger partial charge is 0.453 e. The molecule has 102 valence electrons. The molecule has 3 rings (SSSR count). The van der Waals surface area contributed by atoms with Gasteiger partial charge in [-0.05, 0) is 12.1 Å². The van der Waals surface area contributed by atoms with Gasteiger partial charge < -0.3 is 14.9 Å². The fraction of sp³-hybridized carbons (Fsp3) is 0. The zero-order chi connectivity index (χ0) is 14.3. The first kappa shape index (κ1) is 12.9. The summed E-state index contributed by atoms with van der Waals surface area (Å²) < 4.78 is 10.5. The Morgan fingerprint density at radius 3 is 2.80 bits per heavy atom. The summed E-state index contributed by atoms with van der Waals surface area (Å²) in [5.41, 5.74) is 7.01. The maximum atomic E-state index is 11.1. The Labute approximate surface area is 122 Å². The fourth-order valence-electron chi connectivity index (χ4n) is 1.76. The van der Waals surface area contributed by atoms with Crippen LogP contribution in [-0.4, -0.2) is 4.98 Å². The summed E-state index contributed by atoms with van der Waals surface area (Å²) in [6.07, 6.45) is 0. The highest BCUT2D eigenvalue weighted by Gasteiger charge is 2.11. The summed E-state index contributed by atoms with van der Waals surface area (Å²) >= 11 is 12.0. The van der Waals surface area contributed by atoms with Crippen LogP contribution in [0.15, 0.2) is 39.5 Å². The van der Waals surface area contributed by atoms with E-state index in [2.05, 4.69) is 4.98 Å². The normalized spacial score (nSPS) is 10.9. The van der Waals surface area contributed by atoms with Gasteiger partial charge in [0.05, 0.1) is 16.2 Å². The zero-order valence-corrected chi connectivity index (χ0v) is 11.5. The van der Waals surface area contributed by atoms with Crippen molar-refractivity contribution in [2.45, 2.75) is 0 Å². The Bertz CT molecular complexity index is 854. The van der Waals surface area contributed by atoms with E-state index in [-0.39, 0.29) is 5.02 Å². The molecule has 20 heavy (non-hydrogen) atoms. The number of aromatic nitrogens is 1. The lowest BCUT2D eigenvalue weighted by molar-refractivity contribution is 0.485. The number of ether oxygens (including phenoxy) is 1. The molecule has 2 aromatic carbocycles. The number of hydrogen-bond acceptors (Lipinski definition) is 4. The van der Waals surface area contributed by atoms with Crippen molar-refractivity contribution in [1.29, 1.82) is 0 Å². The second-order valence-electron chi connectivity index (χ2n) is 4.05. The molecule has 7 heteroatoms. The molecule has 0 radical (unpaired) electrons. The van der Waals surface area contributed by atoms with Crippen LogP contribution in [0.1, 0.15) is 0 Å². The Morgan fingerprint density at radius 1 is 1.20 bits per heavy atom. The van der Waals surface area contributed by atoms with Crippen LogP contribution in [0.3, 0.4) is 0 Å². The van der Waals surface area contributed by atoms with Gasteiger partial charge in [0.1, 0.15) is 10.8 Å². The van der Waals surface area contributed by atoms with Gasteiger partial charge in [-0.25, -0.2) is 4.79 Å². The summed E-state index contributed by atoms with van der Waals surface area (Å²) in [5.74, 6) is 0.159. The lowest BCUT2D eigenvalue weighted by Gasteiger charge is -2.10. The first-order valence-corrected chi connectivity index (χ1v) is 6.34. The van der Waals surface area contributed by atoms with Gasteiger partial charge in [0.15, 0.2) is 11.3 Å². The van der Waals surface area contributed by atoms with E-state index in [0.29, 0.717) is 33.3 Å². The first-order valence-electron chi connectivity index (χ1n) is 5.59. The molecule has 0 unspecified atom stereocenters. The third kappa shape index (κ3) is 2.21. The maximum Gasteiger partial charge on any atom is 0.417 e. The van der Waals surface area contributed by atoms with Crippen molar-refractivity contribution in [3.8, 4) is 11.5 Å². The number of nitrogens with one attached hydrogen (secondary N) is 1. The van der Waals surface area contributed by atoms with Crippen molar-refractivity contribution >= 4 is 40.0 Å². The van der Waals surface area contributed by atoms with Gasteiger partial charge in [0.2, 0.25) is 0 Å². The molecule has 0 bridgehead atoms. The van der Waals surface area contributed by atoms with Crippen LogP contribution < -0.4 is 16.2 Å². The standard InChI is InChI=1S/C13H8Cl2N2O3/c14-6-2-1-3-9(12(6)15)19-10-5-8-11(4-7(10)16)20-13(18)17-8/h1-5H,16H2,(H,17,18). The predicted octanol–water partition coefficient (Wildman–Crippen LogP) is 3.80. The van der Waals surface area contributed by atoms with Crippen LogP contribution in [0.4, 0.5) is 5.69 Å². The quantitative estimate of drug-likeness (QED) is 0.705. The molecule has 0 amide bonds. The molecule has 0 fully saturated rings. The third-order valence-electron chi connectivity index (χ3n) is 2.69. The summed E-state index contributed by atoms with van der Waals surface area (Å²) in [6, 6.07) is 8.08. The van der Waals surface area contributed by atoms with Gasteiger partial charge >= 0.3 is 5.76 Å². The van der Waals surface area contributed by atoms with Gasteiger partial charge in [0.25, 0.3) is 0 Å². The summed E-state index contributed by atoms with van der Waals surface area (Å²) in [6.45, 7) is 0. The maximum absolute atomic E-state index is 11.1. The van der Waals surface area contributed by atoms with Gasteiger partial charge in [-0.3, -0.25) is 4.98 Å². The Balaban J connectivity index is 2.08. The van der Waals surface area contributed by atoms with Gasteiger partial charge in [0, 0.05) is 12.1 Å². The van der Waals surface area contributed by atoms with Crippen LogP contribution in [0, 0.1) is 0 Å². The molecule has 0 saturated heterocycles. The number of anilines is 1. The van der Waals surface area contributed by atoms with Crippen molar-refractivity contribution in [1.82, 2.24) is 4.98 Å². The van der Waals surface area contributed by atoms with E-state index in [1.165, 1.54) is 6.07 Å². The molecule has 1 aromatic heterocycles. The number of nitrogens with two attached hydrogens (primary N) is 1. The van der Waals surface area contributed by atoms with Crippen LogP contribution in [-0.2, 0) is 0 Å². The second-order valence-corrected chi connectivity index (χ2v) is 4.84. The molecule has 0 atom stereocenters. The van der Waals surface area contributed by atoms with Crippen molar-refractivity contribution in [3.05, 3.63) is 50.9 Å². The summed E-state index contributed by atoms with van der Waals surface area (Å²) in [5, 5.41) is 0.662. The SMILES string of the molecule is Nc1cc2oc(=O)[nH]c2cc1Oc1cccc(Cl)c1Cl. The molecule has 0 saturated carbocycles. The number of halogens is 2. The number of nitrogen functional groups attached to an aromatic ring is 1. The van der Waals surface area contributed by atoms with Gasteiger partial charge in [-0.2, -0.15) is 0 Å². The summed E-state index contributed by atoms with van der Waals surface area (Å²) in [4.78, 5) is 13.6. The first-order chi connectivity index (χ1) is 9.54. The van der Waals surface area contributed by atoms with Gasteiger partial charge in [-0.15, -0.1) is 0 Å². The number of fused-ring (bicyclic) bond motifs is 1. The highest BCUT2D eigenvalue weighted by Crippen LogP contribution is 2.37. The fourth-order valence-corrected chi connectivity index (χ4v) is 2.09. The van der Waals surface area contributed by atoms with E-state index in [9.17, 15) is 4.79 Å². The van der Waals surface area contributed by atoms with Crippen LogP contribution in [0.5, 0.6) is 11.5 Å². The number of H-pyrrole nitrogens is 1. The minimum Gasteiger partial charge on any atom is -0.453 e. The van der Waals surface area contributed by atoms with Crippen molar-refractivity contribution in [3.63, 3.8) is 0 Å². The smallest absolute Gasteiger partial charge is 0.417 e. The molecule has 0 aliphatic rings. The van der Waals surface area contributed by atoms with E-state index < -0.39 is 5.76 Å². The Hall–Kier alpha value is -2.11. The van der Waals surface area contributed by atoms with E-state index in [4.69, 9.17) is 38.1 Å². The number of aromatic amines is 1. The molecule has 5 nitrogen and oxygen atoms in total. The average molecular weight is 311 g/mol. The van der Waals surface area contributed by atoms with Crippen LogP contribution >= 0.6 is 23.2 Å². The zero-order valence-electron chi connectivity index (χ0n) is 9.94. The second kappa shape index (κ2) is 4.77. The average Bonchev–Trinajstić information content (AvgIpc) is 2.74. The molecule has 0 aliphatic carbocycles. The number of hydrogen-bond donors (Lipinski definition) is 2. The lowest BCUT2D eigenvalue weighted by atomic mass is 10.2. The van der Waals surface area contributed by atoms with Crippen molar-refractivity contribution in [2.75, 3.05) is 5.73 Å². The summed E-state index contributed by atoms with van der Waals surface area (Å²) in [7, 11) is 0. The Kier molecular flexibility index (Phi) is 3.08. The van der Waals surface area contributed by atoms with E-state index >= 15 is 0 Å². The van der Waals surface area contributed by atoms with Crippen LogP contribution in [0.2, 0.25) is 10.0 Å². The molecular formula is C13H8Cl2N2O3. The predicted molar refractivity (Wildman–Crippen MR) is 77.8 cm³/mol.